The first kappa shape index (κ1) is 25.6. The summed E-state index contributed by atoms with van der Waals surface area (Å²) in [6.45, 7) is 1.52. The van der Waals surface area contributed by atoms with Gasteiger partial charge in [0.2, 0.25) is 15.8 Å². The Morgan fingerprint density at radius 3 is 2.12 bits per heavy atom. The number of ether oxygens (including phenoxy) is 5. The third-order valence-corrected chi connectivity index (χ3v) is 7.28. The Morgan fingerprint density at radius 2 is 1.59 bits per heavy atom. The molecule has 1 heterocycles. The van der Waals surface area contributed by atoms with Crippen molar-refractivity contribution in [3.8, 4) is 23.0 Å². The molecule has 1 aliphatic heterocycles. The fourth-order valence-corrected chi connectivity index (χ4v) is 4.90. The summed E-state index contributed by atoms with van der Waals surface area (Å²) in [4.78, 5) is 14.3. The second-order valence-electron chi connectivity index (χ2n) is 7.56. The summed E-state index contributed by atoms with van der Waals surface area (Å²) < 4.78 is 53.6. The van der Waals surface area contributed by atoms with Crippen LogP contribution in [0.2, 0.25) is 0 Å². The third-order valence-electron chi connectivity index (χ3n) is 5.36. The van der Waals surface area contributed by atoms with Crippen molar-refractivity contribution >= 4 is 15.9 Å². The highest BCUT2D eigenvalue weighted by molar-refractivity contribution is 7.89. The summed E-state index contributed by atoms with van der Waals surface area (Å²) in [6, 6.07) is 9.59. The summed E-state index contributed by atoms with van der Waals surface area (Å²) in [5.41, 5.74) is 0.794. The Hall–Kier alpha value is -3.02. The van der Waals surface area contributed by atoms with Gasteiger partial charge in [0.1, 0.15) is 5.75 Å². The van der Waals surface area contributed by atoms with Gasteiger partial charge in [0.25, 0.3) is 5.91 Å². The molecule has 10 nitrogen and oxygen atoms in total. The van der Waals surface area contributed by atoms with Gasteiger partial charge in [0, 0.05) is 26.7 Å². The molecule has 11 heteroatoms. The molecule has 1 fully saturated rings. The van der Waals surface area contributed by atoms with Gasteiger partial charge < -0.3 is 28.6 Å². The monoisotopic (exact) mass is 494 g/mol. The summed E-state index contributed by atoms with van der Waals surface area (Å²) in [5.74, 6) is 1.63. The Bertz CT molecular complexity index is 1060. The molecule has 34 heavy (non-hydrogen) atoms. The summed E-state index contributed by atoms with van der Waals surface area (Å²) in [6.07, 6.45) is 0. The number of sulfonamides is 1. The molecular weight excluding hydrogens is 464 g/mol. The molecule has 0 spiro atoms. The number of morpholine rings is 1. The van der Waals surface area contributed by atoms with Gasteiger partial charge in [-0.05, 0) is 42.0 Å². The average Bonchev–Trinajstić information content (AvgIpc) is 2.87. The van der Waals surface area contributed by atoms with E-state index in [0.717, 1.165) is 5.56 Å². The zero-order valence-electron chi connectivity index (χ0n) is 19.8. The van der Waals surface area contributed by atoms with Crippen LogP contribution in [0.1, 0.15) is 5.56 Å². The van der Waals surface area contributed by atoms with E-state index in [9.17, 15) is 13.2 Å². The number of rotatable bonds is 10. The summed E-state index contributed by atoms with van der Waals surface area (Å²) in [5, 5.41) is 0. The number of likely N-dealkylation sites (N-methyl/N-ethyl adjacent to an activating group) is 1. The largest absolute Gasteiger partial charge is 0.493 e. The number of benzene rings is 2. The standard InChI is InChI=1S/C23H30N2O8S/c1-24(15-17-13-20(29-2)23(31-4)21(14-17)30-3)22(26)16-33-18-5-7-19(8-6-18)34(27,28)25-9-11-32-12-10-25/h5-8,13-14H,9-12,15-16H2,1-4H3. The van der Waals surface area contributed by atoms with Crippen molar-refractivity contribution in [2.75, 3.05) is 61.3 Å². The van der Waals surface area contributed by atoms with Crippen LogP contribution in [0, 0.1) is 0 Å². The molecule has 1 aliphatic rings. The Balaban J connectivity index is 1.59. The number of carbonyl (C=O) groups is 1. The van der Waals surface area contributed by atoms with E-state index in [1.54, 1.807) is 31.3 Å². The molecule has 0 aromatic heterocycles. The molecular formula is C23H30N2O8S. The topological polar surface area (TPSA) is 104 Å². The molecule has 3 rings (SSSR count). The minimum Gasteiger partial charge on any atom is -0.493 e. The molecule has 2 aromatic rings. The minimum absolute atomic E-state index is 0.174. The van der Waals surface area contributed by atoms with Crippen LogP contribution in [0.5, 0.6) is 23.0 Å². The van der Waals surface area contributed by atoms with Crippen LogP contribution in [-0.4, -0.2) is 84.8 Å². The molecule has 0 atom stereocenters. The smallest absolute Gasteiger partial charge is 0.260 e. The highest BCUT2D eigenvalue weighted by Crippen LogP contribution is 2.38. The maximum Gasteiger partial charge on any atom is 0.260 e. The van der Waals surface area contributed by atoms with Crippen LogP contribution < -0.4 is 18.9 Å². The number of carbonyl (C=O) groups excluding carboxylic acids is 1. The van der Waals surface area contributed by atoms with Gasteiger partial charge in [0.15, 0.2) is 18.1 Å². The average molecular weight is 495 g/mol. The van der Waals surface area contributed by atoms with E-state index in [2.05, 4.69) is 0 Å². The van der Waals surface area contributed by atoms with Crippen LogP contribution >= 0.6 is 0 Å². The van der Waals surface area contributed by atoms with Crippen LogP contribution in [0.25, 0.3) is 0 Å². The van der Waals surface area contributed by atoms with Gasteiger partial charge in [-0.2, -0.15) is 4.31 Å². The molecule has 2 aromatic carbocycles. The van der Waals surface area contributed by atoms with Crippen LogP contribution in [-0.2, 0) is 26.1 Å². The first-order valence-corrected chi connectivity index (χ1v) is 12.1. The highest BCUT2D eigenvalue weighted by Gasteiger charge is 2.26. The molecule has 0 aliphatic carbocycles. The van der Waals surface area contributed by atoms with E-state index >= 15 is 0 Å². The van der Waals surface area contributed by atoms with E-state index in [0.29, 0.717) is 55.8 Å². The summed E-state index contributed by atoms with van der Waals surface area (Å²) >= 11 is 0. The van der Waals surface area contributed by atoms with Crippen molar-refractivity contribution in [2.24, 2.45) is 0 Å². The SMILES string of the molecule is COc1cc(CN(C)C(=O)COc2ccc(S(=O)(=O)N3CCOCC3)cc2)cc(OC)c1OC. The number of methoxy groups -OCH3 is 3. The van der Waals surface area contributed by atoms with Gasteiger partial charge in [-0.1, -0.05) is 0 Å². The lowest BCUT2D eigenvalue weighted by Gasteiger charge is -2.26. The first-order valence-electron chi connectivity index (χ1n) is 10.6. The lowest BCUT2D eigenvalue weighted by molar-refractivity contribution is -0.132. The zero-order chi connectivity index (χ0) is 24.7. The zero-order valence-corrected chi connectivity index (χ0v) is 20.6. The van der Waals surface area contributed by atoms with Crippen LogP contribution in [0.15, 0.2) is 41.3 Å². The number of amides is 1. The van der Waals surface area contributed by atoms with E-state index < -0.39 is 10.0 Å². The first-order chi connectivity index (χ1) is 16.3. The quantitative estimate of drug-likeness (QED) is 0.492. The van der Waals surface area contributed by atoms with Gasteiger partial charge in [-0.25, -0.2) is 8.42 Å². The Morgan fingerprint density at radius 1 is 1.00 bits per heavy atom. The maximum atomic E-state index is 12.7. The number of hydrogen-bond donors (Lipinski definition) is 0. The van der Waals surface area contributed by atoms with Gasteiger partial charge in [-0.3, -0.25) is 4.79 Å². The Labute approximate surface area is 200 Å². The third kappa shape index (κ3) is 5.91. The highest BCUT2D eigenvalue weighted by atomic mass is 32.2. The van der Waals surface area contributed by atoms with E-state index in [-0.39, 0.29) is 17.4 Å². The van der Waals surface area contributed by atoms with Crippen LogP contribution in [0.4, 0.5) is 0 Å². The second-order valence-corrected chi connectivity index (χ2v) is 9.50. The van der Waals surface area contributed by atoms with Crippen LogP contribution in [0.3, 0.4) is 0 Å². The van der Waals surface area contributed by atoms with Crippen molar-refractivity contribution in [1.29, 1.82) is 0 Å². The Kier molecular flexibility index (Phi) is 8.59. The minimum atomic E-state index is -3.58. The molecule has 186 valence electrons. The van der Waals surface area contributed by atoms with Crippen molar-refractivity contribution in [1.82, 2.24) is 9.21 Å². The normalized spacial score (nSPS) is 14.4. The van der Waals surface area contributed by atoms with E-state index in [4.69, 9.17) is 23.7 Å². The fourth-order valence-electron chi connectivity index (χ4n) is 3.49. The molecule has 1 saturated heterocycles. The number of nitrogens with zero attached hydrogens (tertiary/aromatic N) is 2. The van der Waals surface area contributed by atoms with Crippen molar-refractivity contribution in [2.45, 2.75) is 11.4 Å². The van der Waals surface area contributed by atoms with Crippen molar-refractivity contribution in [3.63, 3.8) is 0 Å². The number of hydrogen-bond acceptors (Lipinski definition) is 8. The lowest BCUT2D eigenvalue weighted by atomic mass is 10.1. The van der Waals surface area contributed by atoms with Gasteiger partial charge >= 0.3 is 0 Å². The van der Waals surface area contributed by atoms with Crippen molar-refractivity contribution < 1.29 is 36.9 Å². The van der Waals surface area contributed by atoms with E-state index in [1.165, 1.54) is 42.7 Å². The molecule has 0 unspecified atom stereocenters. The van der Waals surface area contributed by atoms with E-state index in [1.807, 2.05) is 0 Å². The molecule has 0 bridgehead atoms. The molecule has 0 radical (unpaired) electrons. The van der Waals surface area contributed by atoms with Gasteiger partial charge in [-0.15, -0.1) is 0 Å². The maximum absolute atomic E-state index is 12.7. The van der Waals surface area contributed by atoms with Gasteiger partial charge in [0.05, 0.1) is 39.4 Å². The summed E-state index contributed by atoms with van der Waals surface area (Å²) in [7, 11) is 2.66. The predicted molar refractivity (Wildman–Crippen MR) is 124 cm³/mol. The molecule has 0 saturated carbocycles. The second kappa shape index (κ2) is 11.4. The lowest BCUT2D eigenvalue weighted by Crippen LogP contribution is -2.40. The predicted octanol–water partition coefficient (Wildman–Crippen LogP) is 1.77. The van der Waals surface area contributed by atoms with Crippen molar-refractivity contribution in [3.05, 3.63) is 42.0 Å². The fraction of sp³-hybridized carbons (Fsp3) is 0.435. The molecule has 1 amide bonds. The molecule has 0 N–H and O–H groups in total.